The van der Waals surface area contributed by atoms with E-state index in [0.29, 0.717) is 16.3 Å². The Labute approximate surface area is 154 Å². The molecule has 7 nitrogen and oxygen atoms in total. The lowest BCUT2D eigenvalue weighted by molar-refractivity contribution is -0.141. The molecule has 1 N–H and O–H groups in total. The highest BCUT2D eigenvalue weighted by Crippen LogP contribution is 2.49. The Morgan fingerprint density at radius 1 is 1.27 bits per heavy atom. The number of benzene rings is 1. The second kappa shape index (κ2) is 6.57. The number of amides is 3. The molecule has 0 saturated carbocycles. The summed E-state index contributed by atoms with van der Waals surface area (Å²) >= 11 is 6.07. The van der Waals surface area contributed by atoms with Crippen LogP contribution in [0.3, 0.4) is 0 Å². The van der Waals surface area contributed by atoms with Crippen molar-refractivity contribution in [1.29, 1.82) is 0 Å². The number of rotatable bonds is 6. The molecule has 1 aromatic carbocycles. The monoisotopic (exact) mass is 376 g/mol. The van der Waals surface area contributed by atoms with E-state index >= 15 is 0 Å². The minimum absolute atomic E-state index is 0.0294. The Bertz CT molecular complexity index is 837. The maximum Gasteiger partial charge on any atom is 0.303 e. The van der Waals surface area contributed by atoms with E-state index in [1.54, 1.807) is 12.1 Å². The first-order chi connectivity index (χ1) is 12.3. The predicted octanol–water partition coefficient (Wildman–Crippen LogP) is 1.73. The fourth-order valence-electron chi connectivity index (χ4n) is 3.58. The molecular formula is C18H17ClN2O5. The fourth-order valence-corrected chi connectivity index (χ4v) is 3.76. The van der Waals surface area contributed by atoms with Gasteiger partial charge in [-0.05, 0) is 24.6 Å². The summed E-state index contributed by atoms with van der Waals surface area (Å²) in [6.45, 7) is 3.71. The Morgan fingerprint density at radius 3 is 2.62 bits per heavy atom. The maximum atomic E-state index is 13.2. The third kappa shape index (κ3) is 2.59. The molecule has 0 bridgehead atoms. The highest BCUT2D eigenvalue weighted by atomic mass is 35.5. The summed E-state index contributed by atoms with van der Waals surface area (Å²) in [6.07, 6.45) is 1.30. The first-order valence-corrected chi connectivity index (χ1v) is 8.50. The van der Waals surface area contributed by atoms with Gasteiger partial charge in [-0.2, -0.15) is 0 Å². The molecular weight excluding hydrogens is 360 g/mol. The number of carbonyl (C=O) groups excluding carboxylic acids is 3. The van der Waals surface area contributed by atoms with Crippen LogP contribution in [0.2, 0.25) is 5.02 Å². The van der Waals surface area contributed by atoms with Crippen LogP contribution in [0, 0.1) is 0 Å². The normalized spacial score (nSPS) is 21.7. The number of hydrogen-bond donors (Lipinski definition) is 1. The lowest BCUT2D eigenvalue weighted by Crippen LogP contribution is -2.46. The van der Waals surface area contributed by atoms with Crippen LogP contribution in [-0.2, 0) is 24.6 Å². The van der Waals surface area contributed by atoms with Crippen molar-refractivity contribution in [3.8, 4) is 0 Å². The zero-order chi connectivity index (χ0) is 19.1. The zero-order valence-corrected chi connectivity index (χ0v) is 14.7. The first kappa shape index (κ1) is 18.1. The predicted molar refractivity (Wildman–Crippen MR) is 93.9 cm³/mol. The summed E-state index contributed by atoms with van der Waals surface area (Å²) in [5, 5.41) is 9.18. The molecule has 0 aromatic heterocycles. The summed E-state index contributed by atoms with van der Waals surface area (Å²) in [5.41, 5.74) is -0.731. The summed E-state index contributed by atoms with van der Waals surface area (Å²) in [7, 11) is 0. The third-order valence-corrected chi connectivity index (χ3v) is 4.97. The van der Waals surface area contributed by atoms with E-state index in [2.05, 4.69) is 6.58 Å². The third-order valence-electron chi connectivity index (χ3n) is 4.73. The van der Waals surface area contributed by atoms with Crippen LogP contribution < -0.4 is 4.90 Å². The van der Waals surface area contributed by atoms with Gasteiger partial charge in [0.25, 0.3) is 0 Å². The number of likely N-dealkylation sites (tertiary alicyclic amines) is 1. The van der Waals surface area contributed by atoms with Gasteiger partial charge in [-0.3, -0.25) is 24.1 Å². The molecule has 0 aliphatic carbocycles. The summed E-state index contributed by atoms with van der Waals surface area (Å²) in [4.78, 5) is 51.7. The second-order valence-electron chi connectivity index (χ2n) is 6.30. The van der Waals surface area contributed by atoms with Crippen molar-refractivity contribution in [2.75, 3.05) is 18.0 Å². The molecule has 1 spiro atoms. The molecule has 0 radical (unpaired) electrons. The van der Waals surface area contributed by atoms with Gasteiger partial charge in [0, 0.05) is 35.8 Å². The number of carboxylic acids is 1. The highest BCUT2D eigenvalue weighted by molar-refractivity contribution is 6.32. The molecule has 2 aliphatic rings. The maximum absolute atomic E-state index is 13.2. The van der Waals surface area contributed by atoms with Gasteiger partial charge in [-0.1, -0.05) is 17.7 Å². The van der Waals surface area contributed by atoms with Crippen molar-refractivity contribution in [3.63, 3.8) is 0 Å². The van der Waals surface area contributed by atoms with E-state index in [0.717, 1.165) is 4.90 Å². The number of halogens is 1. The molecule has 2 heterocycles. The van der Waals surface area contributed by atoms with Crippen LogP contribution in [0.5, 0.6) is 0 Å². The molecule has 1 saturated heterocycles. The Balaban J connectivity index is 2.05. The molecule has 1 fully saturated rings. The van der Waals surface area contributed by atoms with E-state index < -0.39 is 29.1 Å². The molecule has 1 aromatic rings. The SMILES string of the molecule is C=CCN1C(=O)CC2(C1=O)C(=O)N(CCCC(=O)O)c1ccc(Cl)cc12. The highest BCUT2D eigenvalue weighted by Gasteiger charge is 2.63. The van der Waals surface area contributed by atoms with E-state index in [9.17, 15) is 19.2 Å². The molecule has 3 rings (SSSR count). The summed E-state index contributed by atoms with van der Waals surface area (Å²) < 4.78 is 0. The number of aliphatic carboxylic acids is 1. The number of anilines is 1. The van der Waals surface area contributed by atoms with Gasteiger partial charge in [0.2, 0.25) is 17.7 Å². The summed E-state index contributed by atoms with van der Waals surface area (Å²) in [6, 6.07) is 4.76. The standard InChI is InChI=1S/C18H17ClN2O5/c1-2-7-21-14(22)10-18(17(21)26)12-9-11(19)5-6-13(12)20(16(18)25)8-3-4-15(23)24/h2,5-6,9H,1,3-4,7-8,10H2,(H,23,24). The van der Waals surface area contributed by atoms with Crippen LogP contribution in [0.1, 0.15) is 24.8 Å². The number of carbonyl (C=O) groups is 4. The van der Waals surface area contributed by atoms with Crippen molar-refractivity contribution >= 4 is 41.0 Å². The number of fused-ring (bicyclic) bond motifs is 2. The Morgan fingerprint density at radius 2 is 1.96 bits per heavy atom. The van der Waals surface area contributed by atoms with Gasteiger partial charge in [0.15, 0.2) is 5.41 Å². The smallest absolute Gasteiger partial charge is 0.303 e. The number of imide groups is 1. The van der Waals surface area contributed by atoms with Crippen molar-refractivity contribution in [2.24, 2.45) is 0 Å². The van der Waals surface area contributed by atoms with E-state index in [4.69, 9.17) is 16.7 Å². The van der Waals surface area contributed by atoms with Gasteiger partial charge < -0.3 is 10.0 Å². The minimum atomic E-state index is -1.62. The molecule has 26 heavy (non-hydrogen) atoms. The minimum Gasteiger partial charge on any atom is -0.481 e. The largest absolute Gasteiger partial charge is 0.481 e. The average Bonchev–Trinajstić information content (AvgIpc) is 2.96. The molecule has 136 valence electrons. The Kier molecular flexibility index (Phi) is 4.58. The average molecular weight is 377 g/mol. The number of hydrogen-bond acceptors (Lipinski definition) is 4. The lowest BCUT2D eigenvalue weighted by Gasteiger charge is -2.22. The van der Waals surface area contributed by atoms with Crippen molar-refractivity contribution in [3.05, 3.63) is 41.4 Å². The van der Waals surface area contributed by atoms with Crippen LogP contribution in [0.15, 0.2) is 30.9 Å². The fraction of sp³-hybridized carbons (Fsp3) is 0.333. The second-order valence-corrected chi connectivity index (χ2v) is 6.73. The molecule has 3 amide bonds. The van der Waals surface area contributed by atoms with Gasteiger partial charge >= 0.3 is 5.97 Å². The van der Waals surface area contributed by atoms with Gasteiger partial charge in [-0.15, -0.1) is 6.58 Å². The first-order valence-electron chi connectivity index (χ1n) is 8.12. The van der Waals surface area contributed by atoms with E-state index in [1.165, 1.54) is 17.0 Å². The van der Waals surface area contributed by atoms with Gasteiger partial charge in [-0.25, -0.2) is 0 Å². The van der Waals surface area contributed by atoms with E-state index in [1.807, 2.05) is 0 Å². The van der Waals surface area contributed by atoms with Crippen molar-refractivity contribution in [2.45, 2.75) is 24.7 Å². The topological polar surface area (TPSA) is 95.0 Å². The molecule has 1 atom stereocenters. The molecule has 1 unspecified atom stereocenters. The number of nitrogens with zero attached hydrogens (tertiary/aromatic N) is 2. The van der Waals surface area contributed by atoms with E-state index in [-0.39, 0.29) is 32.4 Å². The van der Waals surface area contributed by atoms with Crippen LogP contribution >= 0.6 is 11.6 Å². The summed E-state index contributed by atoms with van der Waals surface area (Å²) in [5.74, 6) is -2.50. The van der Waals surface area contributed by atoms with Crippen molar-refractivity contribution < 1.29 is 24.3 Å². The van der Waals surface area contributed by atoms with Crippen LogP contribution in [-0.4, -0.2) is 46.8 Å². The quantitative estimate of drug-likeness (QED) is 0.463. The molecule has 8 heteroatoms. The zero-order valence-electron chi connectivity index (χ0n) is 13.9. The lowest BCUT2D eigenvalue weighted by atomic mass is 9.80. The van der Waals surface area contributed by atoms with Gasteiger partial charge in [0.05, 0.1) is 6.42 Å². The molecule has 2 aliphatic heterocycles. The van der Waals surface area contributed by atoms with Gasteiger partial charge in [0.1, 0.15) is 0 Å². The van der Waals surface area contributed by atoms with Crippen LogP contribution in [0.25, 0.3) is 0 Å². The Hall–Kier alpha value is -2.67. The number of carboxylic acid groups (broad SMARTS) is 1. The van der Waals surface area contributed by atoms with Crippen molar-refractivity contribution in [1.82, 2.24) is 4.90 Å². The van der Waals surface area contributed by atoms with Crippen LogP contribution in [0.4, 0.5) is 5.69 Å².